The fraction of sp³-hybridized carbons (Fsp3) is 0.579. The van der Waals surface area contributed by atoms with E-state index in [-0.39, 0.29) is 25.2 Å². The van der Waals surface area contributed by atoms with E-state index in [1.807, 2.05) is 6.92 Å². The van der Waals surface area contributed by atoms with Gasteiger partial charge in [-0.2, -0.15) is 0 Å². The second kappa shape index (κ2) is 13.0. The molecule has 178 valence electrons. The summed E-state index contributed by atoms with van der Waals surface area (Å²) in [6.07, 6.45) is 3.17. The number of rotatable bonds is 14. The Bertz CT molecular complexity index is 798. The number of aromatic nitrogens is 2. The topological polar surface area (TPSA) is 222 Å². The number of carbonyl (C=O) groups excluding carboxylic acids is 4. The van der Waals surface area contributed by atoms with Crippen LogP contribution in [0.4, 0.5) is 0 Å². The fourth-order valence-corrected chi connectivity index (χ4v) is 2.69. The van der Waals surface area contributed by atoms with E-state index in [2.05, 4.69) is 25.9 Å². The van der Waals surface area contributed by atoms with Crippen molar-refractivity contribution in [2.45, 2.75) is 57.7 Å². The summed E-state index contributed by atoms with van der Waals surface area (Å²) in [4.78, 5) is 66.0. The Morgan fingerprint density at radius 2 is 1.84 bits per heavy atom. The van der Waals surface area contributed by atoms with Gasteiger partial charge in [0.2, 0.25) is 23.6 Å². The van der Waals surface area contributed by atoms with Crippen LogP contribution in [0.1, 0.15) is 38.8 Å². The van der Waals surface area contributed by atoms with Crippen molar-refractivity contribution in [1.82, 2.24) is 25.9 Å². The first kappa shape index (κ1) is 26.6. The summed E-state index contributed by atoms with van der Waals surface area (Å²) in [5.74, 6) is -4.11. The zero-order valence-electron chi connectivity index (χ0n) is 18.1. The highest BCUT2D eigenvalue weighted by Gasteiger charge is 2.27. The molecule has 0 bridgehead atoms. The highest BCUT2D eigenvalue weighted by molar-refractivity contribution is 5.93. The van der Waals surface area contributed by atoms with Crippen LogP contribution in [0.3, 0.4) is 0 Å². The van der Waals surface area contributed by atoms with Gasteiger partial charge in [0.1, 0.15) is 12.1 Å². The van der Waals surface area contributed by atoms with Gasteiger partial charge in [-0.25, -0.2) is 9.78 Å². The van der Waals surface area contributed by atoms with Crippen molar-refractivity contribution < 1.29 is 29.1 Å². The minimum atomic E-state index is -1.26. The fourth-order valence-electron chi connectivity index (χ4n) is 2.69. The summed E-state index contributed by atoms with van der Waals surface area (Å²) < 4.78 is 0. The number of amides is 4. The van der Waals surface area contributed by atoms with E-state index in [1.165, 1.54) is 12.5 Å². The zero-order valence-corrected chi connectivity index (χ0v) is 18.1. The number of imidazole rings is 1. The first-order chi connectivity index (χ1) is 15.0. The van der Waals surface area contributed by atoms with Crippen molar-refractivity contribution in [3.05, 3.63) is 18.2 Å². The molecule has 1 aromatic heterocycles. The molecule has 1 rings (SSSR count). The SMILES string of the molecule is CCC(C)C(N)C(=O)NC(CCC(N)=O)C(=O)NCC(=O)NC(Cc1cnc[nH]1)C(=O)O. The van der Waals surface area contributed by atoms with Crippen LogP contribution < -0.4 is 27.4 Å². The molecule has 0 spiro atoms. The van der Waals surface area contributed by atoms with E-state index in [0.717, 1.165) is 0 Å². The highest BCUT2D eigenvalue weighted by Crippen LogP contribution is 2.07. The molecule has 1 aromatic rings. The minimum Gasteiger partial charge on any atom is -0.480 e. The molecule has 13 nitrogen and oxygen atoms in total. The van der Waals surface area contributed by atoms with Gasteiger partial charge in [0.05, 0.1) is 18.9 Å². The molecule has 32 heavy (non-hydrogen) atoms. The summed E-state index contributed by atoms with van der Waals surface area (Å²) in [6, 6.07) is -3.23. The summed E-state index contributed by atoms with van der Waals surface area (Å²) in [5, 5.41) is 16.4. The van der Waals surface area contributed by atoms with Gasteiger partial charge in [-0.1, -0.05) is 20.3 Å². The molecule has 0 fully saturated rings. The molecule has 0 aromatic carbocycles. The van der Waals surface area contributed by atoms with Crippen molar-refractivity contribution in [1.29, 1.82) is 0 Å². The van der Waals surface area contributed by atoms with Crippen LogP contribution in [0.2, 0.25) is 0 Å². The van der Waals surface area contributed by atoms with Gasteiger partial charge >= 0.3 is 5.97 Å². The van der Waals surface area contributed by atoms with Crippen LogP contribution >= 0.6 is 0 Å². The first-order valence-corrected chi connectivity index (χ1v) is 10.2. The highest BCUT2D eigenvalue weighted by atomic mass is 16.4. The molecule has 1 heterocycles. The lowest BCUT2D eigenvalue weighted by atomic mass is 9.98. The molecule has 0 aliphatic rings. The number of aliphatic carboxylic acids is 1. The monoisotopic (exact) mass is 453 g/mol. The Hall–Kier alpha value is -3.48. The Kier molecular flexibility index (Phi) is 10.8. The molecule has 13 heteroatoms. The lowest BCUT2D eigenvalue weighted by molar-refractivity contribution is -0.141. The van der Waals surface area contributed by atoms with Gasteiger partial charge < -0.3 is 37.5 Å². The van der Waals surface area contributed by atoms with Gasteiger partial charge in [0, 0.05) is 24.7 Å². The number of carboxylic acids is 1. The number of primary amides is 1. The minimum absolute atomic E-state index is 0.0280. The number of carboxylic acid groups (broad SMARTS) is 1. The van der Waals surface area contributed by atoms with Gasteiger partial charge in [0.15, 0.2) is 0 Å². The van der Waals surface area contributed by atoms with Crippen molar-refractivity contribution >= 4 is 29.6 Å². The number of aromatic amines is 1. The quantitative estimate of drug-likeness (QED) is 0.163. The number of nitrogens with two attached hydrogens (primary N) is 2. The molecule has 0 saturated carbocycles. The van der Waals surface area contributed by atoms with Gasteiger partial charge in [-0.15, -0.1) is 0 Å². The zero-order chi connectivity index (χ0) is 24.3. The predicted molar refractivity (Wildman–Crippen MR) is 113 cm³/mol. The summed E-state index contributed by atoms with van der Waals surface area (Å²) in [6.45, 7) is 3.12. The lowest BCUT2D eigenvalue weighted by Crippen LogP contribution is -2.54. The molecular weight excluding hydrogens is 422 g/mol. The average molecular weight is 454 g/mol. The largest absolute Gasteiger partial charge is 0.480 e. The molecule has 0 radical (unpaired) electrons. The number of hydrogen-bond donors (Lipinski definition) is 7. The number of nitrogens with zero attached hydrogens (tertiary/aromatic N) is 1. The molecule has 9 N–H and O–H groups in total. The molecule has 0 aliphatic heterocycles. The van der Waals surface area contributed by atoms with Crippen molar-refractivity contribution in [3.8, 4) is 0 Å². The third kappa shape index (κ3) is 9.12. The lowest BCUT2D eigenvalue weighted by Gasteiger charge is -2.23. The molecule has 0 saturated heterocycles. The maximum absolute atomic E-state index is 12.5. The first-order valence-electron chi connectivity index (χ1n) is 10.2. The maximum atomic E-state index is 12.5. The Balaban J connectivity index is 2.68. The molecule has 0 aliphatic carbocycles. The van der Waals surface area contributed by atoms with E-state index >= 15 is 0 Å². The molecule has 4 unspecified atom stereocenters. The van der Waals surface area contributed by atoms with Gasteiger partial charge in [-0.05, 0) is 12.3 Å². The van der Waals surface area contributed by atoms with E-state index in [0.29, 0.717) is 12.1 Å². The molecular formula is C19H31N7O6. The second-order valence-corrected chi connectivity index (χ2v) is 7.43. The number of hydrogen-bond acceptors (Lipinski definition) is 7. The van der Waals surface area contributed by atoms with Crippen LogP contribution in [0.5, 0.6) is 0 Å². The van der Waals surface area contributed by atoms with Gasteiger partial charge in [-0.3, -0.25) is 19.2 Å². The number of nitrogens with one attached hydrogen (secondary N) is 4. The maximum Gasteiger partial charge on any atom is 0.326 e. The normalized spacial score (nSPS) is 14.5. The molecule has 4 atom stereocenters. The number of carbonyl (C=O) groups is 5. The van der Waals surface area contributed by atoms with Crippen molar-refractivity contribution in [3.63, 3.8) is 0 Å². The average Bonchev–Trinajstić information content (AvgIpc) is 3.26. The van der Waals surface area contributed by atoms with Crippen molar-refractivity contribution in [2.24, 2.45) is 17.4 Å². The second-order valence-electron chi connectivity index (χ2n) is 7.43. The van der Waals surface area contributed by atoms with Crippen LogP contribution in [-0.2, 0) is 30.4 Å². The smallest absolute Gasteiger partial charge is 0.326 e. The van der Waals surface area contributed by atoms with E-state index in [1.54, 1.807) is 6.92 Å². The van der Waals surface area contributed by atoms with E-state index in [9.17, 15) is 29.1 Å². The third-order valence-corrected chi connectivity index (χ3v) is 4.91. The standard InChI is InChI=1S/C19H31N7O6/c1-3-10(2)16(21)18(30)26-12(4-5-14(20)27)17(29)23-8-15(28)25-13(19(31)32)6-11-7-22-9-24-11/h7,9-10,12-13,16H,3-6,8,21H2,1-2H3,(H2,20,27)(H,22,24)(H,23,29)(H,25,28)(H,26,30)(H,31,32). The number of H-pyrrole nitrogens is 1. The molecule has 4 amide bonds. The Morgan fingerprint density at radius 3 is 2.38 bits per heavy atom. The van der Waals surface area contributed by atoms with Crippen LogP contribution in [-0.4, -0.2) is 69.3 Å². The van der Waals surface area contributed by atoms with E-state index in [4.69, 9.17) is 11.5 Å². The van der Waals surface area contributed by atoms with E-state index < -0.39 is 54.3 Å². The van der Waals surface area contributed by atoms with Crippen molar-refractivity contribution in [2.75, 3.05) is 6.54 Å². The van der Waals surface area contributed by atoms with Crippen LogP contribution in [0.15, 0.2) is 12.5 Å². The van der Waals surface area contributed by atoms with Crippen LogP contribution in [0.25, 0.3) is 0 Å². The summed E-state index contributed by atoms with van der Waals surface area (Å²) in [5.41, 5.74) is 11.5. The third-order valence-electron chi connectivity index (χ3n) is 4.91. The Morgan fingerprint density at radius 1 is 1.16 bits per heavy atom. The summed E-state index contributed by atoms with van der Waals surface area (Å²) in [7, 11) is 0. The Labute approximate surface area is 185 Å². The summed E-state index contributed by atoms with van der Waals surface area (Å²) >= 11 is 0. The van der Waals surface area contributed by atoms with Gasteiger partial charge in [0.25, 0.3) is 0 Å². The predicted octanol–water partition coefficient (Wildman–Crippen LogP) is -2.24. The van der Waals surface area contributed by atoms with Crippen LogP contribution in [0, 0.1) is 5.92 Å².